The van der Waals surface area contributed by atoms with Crippen LogP contribution in [0.2, 0.25) is 0 Å². The van der Waals surface area contributed by atoms with Gasteiger partial charge < -0.3 is 9.80 Å². The highest BCUT2D eigenvalue weighted by atomic mass is 15.1. The number of fused-ring (bicyclic) bond motifs is 1. The number of allylic oxidation sites excluding steroid dienone is 1. The summed E-state index contributed by atoms with van der Waals surface area (Å²) in [4.78, 5) is 4.59. The fourth-order valence-corrected chi connectivity index (χ4v) is 5.45. The number of benzene rings is 3. The van der Waals surface area contributed by atoms with E-state index in [-0.39, 0.29) is 10.8 Å². The van der Waals surface area contributed by atoms with Gasteiger partial charge in [0.25, 0.3) is 0 Å². The van der Waals surface area contributed by atoms with Gasteiger partial charge in [0.05, 0.1) is 0 Å². The molecule has 0 radical (unpaired) electrons. The summed E-state index contributed by atoms with van der Waals surface area (Å²) in [5.74, 6) is 0. The van der Waals surface area contributed by atoms with Crippen molar-refractivity contribution in [2.24, 2.45) is 0 Å². The average molecular weight is 467 g/mol. The summed E-state index contributed by atoms with van der Waals surface area (Å²) in [6, 6.07) is 18.5. The minimum atomic E-state index is 0.0490. The summed E-state index contributed by atoms with van der Waals surface area (Å²) >= 11 is 0. The van der Waals surface area contributed by atoms with Gasteiger partial charge in [0.1, 0.15) is 0 Å². The Bertz CT molecular complexity index is 1280. The van der Waals surface area contributed by atoms with Gasteiger partial charge in [0.15, 0.2) is 0 Å². The molecule has 0 amide bonds. The van der Waals surface area contributed by atoms with Crippen LogP contribution in [0.25, 0.3) is 28.3 Å². The van der Waals surface area contributed by atoms with Crippen LogP contribution in [0.5, 0.6) is 0 Å². The standard InChI is InChI=1S/C33H42N2/c1-32(2,3)28-18-12-16-24(30(28)34(7)8)26-20-22-14-11-15-23(22)21-27(26)25-17-13-19-29(33(4,5)6)31(25)35(9)10/h11-14,16-21H,15H2,1-10H3. The number of hydrogen-bond acceptors (Lipinski definition) is 2. The predicted octanol–water partition coefficient (Wildman–Crippen LogP) is 8.32. The molecule has 0 saturated heterocycles. The van der Waals surface area contributed by atoms with E-state index < -0.39 is 0 Å². The lowest BCUT2D eigenvalue weighted by Gasteiger charge is -2.31. The van der Waals surface area contributed by atoms with Crippen LogP contribution < -0.4 is 9.80 Å². The molecule has 3 aromatic carbocycles. The zero-order valence-corrected chi connectivity index (χ0v) is 23.4. The van der Waals surface area contributed by atoms with E-state index in [1.807, 2.05) is 0 Å². The Morgan fingerprint density at radius 1 is 0.600 bits per heavy atom. The number of rotatable bonds is 4. The van der Waals surface area contributed by atoms with Crippen molar-refractivity contribution in [2.45, 2.75) is 58.8 Å². The van der Waals surface area contributed by atoms with E-state index in [4.69, 9.17) is 0 Å². The molecule has 2 heteroatoms. The molecular weight excluding hydrogens is 424 g/mol. The van der Waals surface area contributed by atoms with E-state index in [0.717, 1.165) is 6.42 Å². The molecule has 0 aliphatic heterocycles. The molecule has 0 fully saturated rings. The summed E-state index contributed by atoms with van der Waals surface area (Å²) in [5, 5.41) is 0. The maximum Gasteiger partial charge on any atom is 0.0478 e. The van der Waals surface area contributed by atoms with Crippen molar-refractivity contribution in [2.75, 3.05) is 38.0 Å². The zero-order chi connectivity index (χ0) is 25.7. The summed E-state index contributed by atoms with van der Waals surface area (Å²) < 4.78 is 0. The predicted molar refractivity (Wildman–Crippen MR) is 156 cm³/mol. The third kappa shape index (κ3) is 4.63. The number of para-hydroxylation sites is 2. The third-order valence-electron chi connectivity index (χ3n) is 7.08. The molecule has 0 heterocycles. The summed E-state index contributed by atoms with van der Waals surface area (Å²) in [7, 11) is 8.70. The van der Waals surface area contributed by atoms with Crippen molar-refractivity contribution < 1.29 is 0 Å². The molecule has 0 saturated carbocycles. The molecule has 1 aliphatic carbocycles. The normalized spacial score (nSPS) is 13.2. The Labute approximate surface area is 213 Å². The largest absolute Gasteiger partial charge is 0.377 e. The minimum Gasteiger partial charge on any atom is -0.377 e. The molecule has 0 atom stereocenters. The molecule has 3 aromatic rings. The summed E-state index contributed by atoms with van der Waals surface area (Å²) in [5.41, 5.74) is 13.4. The number of hydrogen-bond donors (Lipinski definition) is 0. The van der Waals surface area contributed by atoms with Gasteiger partial charge in [-0.15, -0.1) is 0 Å². The van der Waals surface area contributed by atoms with Crippen molar-refractivity contribution in [3.8, 4) is 22.3 Å². The minimum absolute atomic E-state index is 0.0490. The van der Waals surface area contributed by atoms with Crippen LogP contribution in [-0.2, 0) is 17.3 Å². The molecule has 0 spiro atoms. The van der Waals surface area contributed by atoms with E-state index in [2.05, 4.69) is 140 Å². The first-order chi connectivity index (χ1) is 16.3. The summed E-state index contributed by atoms with van der Waals surface area (Å²) in [6.07, 6.45) is 5.57. The van der Waals surface area contributed by atoms with Crippen LogP contribution in [-0.4, -0.2) is 28.2 Å². The maximum atomic E-state index is 2.45. The van der Waals surface area contributed by atoms with Gasteiger partial charge in [0, 0.05) is 50.7 Å². The molecule has 0 aromatic heterocycles. The molecule has 2 nitrogen and oxygen atoms in total. The van der Waals surface area contributed by atoms with Crippen molar-refractivity contribution in [1.29, 1.82) is 0 Å². The van der Waals surface area contributed by atoms with Gasteiger partial charge in [-0.05, 0) is 62.8 Å². The van der Waals surface area contributed by atoms with Crippen LogP contribution >= 0.6 is 0 Å². The number of nitrogens with zero attached hydrogens (tertiary/aromatic N) is 2. The Hall–Kier alpha value is -3.00. The van der Waals surface area contributed by atoms with E-state index in [1.165, 1.54) is 55.9 Å². The second-order valence-electron chi connectivity index (χ2n) is 12.4. The van der Waals surface area contributed by atoms with Gasteiger partial charge in [-0.2, -0.15) is 0 Å². The smallest absolute Gasteiger partial charge is 0.0478 e. The molecule has 184 valence electrons. The fourth-order valence-electron chi connectivity index (χ4n) is 5.45. The van der Waals surface area contributed by atoms with Crippen LogP contribution in [0.4, 0.5) is 11.4 Å². The van der Waals surface area contributed by atoms with Crippen LogP contribution in [0.3, 0.4) is 0 Å². The van der Waals surface area contributed by atoms with Crippen molar-refractivity contribution >= 4 is 17.5 Å². The fraction of sp³-hybridized carbons (Fsp3) is 0.394. The summed E-state index contributed by atoms with van der Waals surface area (Å²) in [6.45, 7) is 13.9. The Balaban J connectivity index is 2.11. The first-order valence-corrected chi connectivity index (χ1v) is 12.8. The Morgan fingerprint density at radius 3 is 1.49 bits per heavy atom. The monoisotopic (exact) mass is 466 g/mol. The molecule has 0 bridgehead atoms. The second kappa shape index (κ2) is 8.90. The Kier molecular flexibility index (Phi) is 6.38. The lowest BCUT2D eigenvalue weighted by Crippen LogP contribution is -2.21. The van der Waals surface area contributed by atoms with E-state index >= 15 is 0 Å². The van der Waals surface area contributed by atoms with E-state index in [9.17, 15) is 0 Å². The van der Waals surface area contributed by atoms with Gasteiger partial charge in [-0.3, -0.25) is 0 Å². The molecular formula is C33H42N2. The molecule has 0 unspecified atom stereocenters. The highest BCUT2D eigenvalue weighted by molar-refractivity contribution is 5.96. The molecule has 1 aliphatic rings. The van der Waals surface area contributed by atoms with E-state index in [0.29, 0.717) is 0 Å². The highest BCUT2D eigenvalue weighted by Crippen LogP contribution is 2.47. The Morgan fingerprint density at radius 2 is 1.06 bits per heavy atom. The molecule has 4 rings (SSSR count). The SMILES string of the molecule is CN(C)c1c(-c2cc3c(cc2-c2cccc(C(C)(C)C)c2N(C)C)CC=C3)cccc1C(C)(C)C. The highest BCUT2D eigenvalue weighted by Gasteiger charge is 2.27. The van der Waals surface area contributed by atoms with Crippen LogP contribution in [0.15, 0.2) is 54.6 Å². The topological polar surface area (TPSA) is 6.48 Å². The van der Waals surface area contributed by atoms with Crippen LogP contribution in [0.1, 0.15) is 63.8 Å². The van der Waals surface area contributed by atoms with Crippen molar-refractivity contribution in [3.05, 3.63) is 76.9 Å². The third-order valence-corrected chi connectivity index (χ3v) is 7.08. The average Bonchev–Trinajstić information content (AvgIpc) is 3.23. The second-order valence-corrected chi connectivity index (χ2v) is 12.4. The van der Waals surface area contributed by atoms with Crippen molar-refractivity contribution in [1.82, 2.24) is 0 Å². The molecule has 35 heavy (non-hydrogen) atoms. The van der Waals surface area contributed by atoms with Crippen LogP contribution in [0, 0.1) is 0 Å². The maximum absolute atomic E-state index is 2.45. The number of anilines is 2. The van der Waals surface area contributed by atoms with E-state index in [1.54, 1.807) is 0 Å². The van der Waals surface area contributed by atoms with Gasteiger partial charge in [-0.1, -0.05) is 90.1 Å². The quantitative estimate of drug-likeness (QED) is 0.381. The van der Waals surface area contributed by atoms with Gasteiger partial charge >= 0.3 is 0 Å². The van der Waals surface area contributed by atoms with Crippen molar-refractivity contribution in [3.63, 3.8) is 0 Å². The van der Waals surface area contributed by atoms with Gasteiger partial charge in [0.2, 0.25) is 0 Å². The first-order valence-electron chi connectivity index (χ1n) is 12.8. The lowest BCUT2D eigenvalue weighted by molar-refractivity contribution is 0.589. The lowest BCUT2D eigenvalue weighted by atomic mass is 9.80. The first kappa shape index (κ1) is 25.1. The molecule has 0 N–H and O–H groups in total. The zero-order valence-electron chi connectivity index (χ0n) is 23.4. The van der Waals surface area contributed by atoms with Gasteiger partial charge in [-0.25, -0.2) is 0 Å².